The number of piperidine rings is 1. The van der Waals surface area contributed by atoms with Crippen molar-refractivity contribution in [3.63, 3.8) is 0 Å². The van der Waals surface area contributed by atoms with Crippen LogP contribution in [0.5, 0.6) is 0 Å². The van der Waals surface area contributed by atoms with Crippen LogP contribution < -0.4 is 5.32 Å². The fraction of sp³-hybridized carbons (Fsp3) is 0.900. The van der Waals surface area contributed by atoms with Gasteiger partial charge in [-0.1, -0.05) is 6.92 Å². The van der Waals surface area contributed by atoms with Crippen LogP contribution >= 0.6 is 0 Å². The second-order valence-electron chi connectivity index (χ2n) is 4.43. The summed E-state index contributed by atoms with van der Waals surface area (Å²) < 4.78 is 0. The molecular formula is C10H18N2O. The maximum absolute atomic E-state index is 11.2. The second kappa shape index (κ2) is 3.29. The SMILES string of the molecule is CCN1CCCC2(CNC(=O)C2)C1. The molecule has 0 aromatic heterocycles. The lowest BCUT2D eigenvalue weighted by atomic mass is 9.79. The van der Waals surface area contributed by atoms with Crippen molar-refractivity contribution in [1.82, 2.24) is 10.2 Å². The van der Waals surface area contributed by atoms with E-state index in [2.05, 4.69) is 17.1 Å². The fourth-order valence-corrected chi connectivity index (χ4v) is 2.62. The molecule has 0 aromatic carbocycles. The van der Waals surface area contributed by atoms with Gasteiger partial charge >= 0.3 is 0 Å². The van der Waals surface area contributed by atoms with E-state index in [1.807, 2.05) is 0 Å². The van der Waals surface area contributed by atoms with E-state index in [0.717, 1.165) is 26.1 Å². The Kier molecular flexibility index (Phi) is 2.28. The standard InChI is InChI=1S/C10H18N2O/c1-2-12-5-3-4-10(8-12)6-9(13)11-7-10/h2-8H2,1H3,(H,11,13). The largest absolute Gasteiger partial charge is 0.355 e. The molecule has 2 fully saturated rings. The predicted molar refractivity (Wildman–Crippen MR) is 51.4 cm³/mol. The third kappa shape index (κ3) is 1.70. The average molecular weight is 182 g/mol. The number of nitrogens with one attached hydrogen (secondary N) is 1. The number of hydrogen-bond acceptors (Lipinski definition) is 2. The molecule has 2 aliphatic heterocycles. The van der Waals surface area contributed by atoms with E-state index in [1.165, 1.54) is 19.4 Å². The van der Waals surface area contributed by atoms with Gasteiger partial charge in [-0.15, -0.1) is 0 Å². The Balaban J connectivity index is 2.02. The minimum absolute atomic E-state index is 0.248. The molecule has 2 rings (SSSR count). The van der Waals surface area contributed by atoms with Crippen molar-refractivity contribution in [3.8, 4) is 0 Å². The lowest BCUT2D eigenvalue weighted by molar-refractivity contribution is -0.119. The molecule has 1 atom stereocenters. The lowest BCUT2D eigenvalue weighted by Crippen LogP contribution is -2.44. The summed E-state index contributed by atoms with van der Waals surface area (Å²) >= 11 is 0. The van der Waals surface area contributed by atoms with Gasteiger partial charge in [0.2, 0.25) is 5.91 Å². The van der Waals surface area contributed by atoms with E-state index in [1.54, 1.807) is 0 Å². The Morgan fingerprint density at radius 2 is 2.46 bits per heavy atom. The first kappa shape index (κ1) is 9.00. The first-order valence-corrected chi connectivity index (χ1v) is 5.23. The van der Waals surface area contributed by atoms with Gasteiger partial charge in [-0.3, -0.25) is 4.79 Å². The summed E-state index contributed by atoms with van der Waals surface area (Å²) in [7, 11) is 0. The molecule has 3 heteroatoms. The van der Waals surface area contributed by atoms with Crippen molar-refractivity contribution in [1.29, 1.82) is 0 Å². The third-order valence-corrected chi connectivity index (χ3v) is 3.38. The Morgan fingerprint density at radius 3 is 3.08 bits per heavy atom. The highest BCUT2D eigenvalue weighted by Crippen LogP contribution is 2.35. The van der Waals surface area contributed by atoms with Gasteiger partial charge < -0.3 is 10.2 Å². The van der Waals surface area contributed by atoms with Gasteiger partial charge in [-0.25, -0.2) is 0 Å². The van der Waals surface area contributed by atoms with E-state index < -0.39 is 0 Å². The number of rotatable bonds is 1. The number of amides is 1. The van der Waals surface area contributed by atoms with Crippen molar-refractivity contribution in [2.75, 3.05) is 26.2 Å². The van der Waals surface area contributed by atoms with Crippen molar-refractivity contribution >= 4 is 5.91 Å². The number of carbonyl (C=O) groups is 1. The first-order valence-electron chi connectivity index (χ1n) is 5.23. The molecular weight excluding hydrogens is 164 g/mol. The predicted octanol–water partition coefficient (Wildman–Crippen LogP) is 0.608. The average Bonchev–Trinajstić information content (AvgIpc) is 2.47. The van der Waals surface area contributed by atoms with E-state index in [4.69, 9.17) is 0 Å². The van der Waals surface area contributed by atoms with Crippen LogP contribution in [0.4, 0.5) is 0 Å². The van der Waals surface area contributed by atoms with Gasteiger partial charge in [0.05, 0.1) is 0 Å². The molecule has 0 saturated carbocycles. The molecule has 3 nitrogen and oxygen atoms in total. The summed E-state index contributed by atoms with van der Waals surface area (Å²) in [6.45, 7) is 6.55. The van der Waals surface area contributed by atoms with Crippen LogP contribution in [-0.2, 0) is 4.79 Å². The Bertz CT molecular complexity index is 217. The molecule has 1 spiro atoms. The zero-order chi connectivity index (χ0) is 9.31. The Labute approximate surface area is 79.5 Å². The molecule has 1 amide bonds. The van der Waals surface area contributed by atoms with Crippen LogP contribution in [0, 0.1) is 5.41 Å². The summed E-state index contributed by atoms with van der Waals surface area (Å²) in [6, 6.07) is 0. The summed E-state index contributed by atoms with van der Waals surface area (Å²) in [5.41, 5.74) is 0.283. The van der Waals surface area contributed by atoms with Crippen LogP contribution in [0.25, 0.3) is 0 Å². The number of hydrogen-bond donors (Lipinski definition) is 1. The maximum atomic E-state index is 11.2. The van der Waals surface area contributed by atoms with Crippen LogP contribution in [0.3, 0.4) is 0 Å². The first-order chi connectivity index (χ1) is 6.24. The number of likely N-dealkylation sites (tertiary alicyclic amines) is 1. The molecule has 2 heterocycles. The molecule has 2 aliphatic rings. The quantitative estimate of drug-likeness (QED) is 0.644. The molecule has 0 radical (unpaired) electrons. The number of nitrogens with zero attached hydrogens (tertiary/aromatic N) is 1. The minimum atomic E-state index is 0.248. The van der Waals surface area contributed by atoms with Gasteiger partial charge in [-0.2, -0.15) is 0 Å². The van der Waals surface area contributed by atoms with E-state index in [0.29, 0.717) is 0 Å². The van der Waals surface area contributed by atoms with Gasteiger partial charge in [-0.05, 0) is 25.9 Å². The highest BCUT2D eigenvalue weighted by molar-refractivity contribution is 5.79. The maximum Gasteiger partial charge on any atom is 0.220 e. The summed E-state index contributed by atoms with van der Waals surface area (Å²) in [6.07, 6.45) is 3.23. The summed E-state index contributed by atoms with van der Waals surface area (Å²) in [5.74, 6) is 0.248. The minimum Gasteiger partial charge on any atom is -0.355 e. The van der Waals surface area contributed by atoms with Crippen LogP contribution in [-0.4, -0.2) is 37.0 Å². The van der Waals surface area contributed by atoms with E-state index in [9.17, 15) is 4.79 Å². The highest BCUT2D eigenvalue weighted by atomic mass is 16.1. The van der Waals surface area contributed by atoms with Crippen molar-refractivity contribution in [2.24, 2.45) is 5.41 Å². The van der Waals surface area contributed by atoms with Crippen molar-refractivity contribution in [3.05, 3.63) is 0 Å². The molecule has 0 aromatic rings. The Hall–Kier alpha value is -0.570. The van der Waals surface area contributed by atoms with Gasteiger partial charge in [0.15, 0.2) is 0 Å². The van der Waals surface area contributed by atoms with Crippen LogP contribution in [0.2, 0.25) is 0 Å². The Morgan fingerprint density at radius 1 is 1.62 bits per heavy atom. The van der Waals surface area contributed by atoms with Gasteiger partial charge in [0.25, 0.3) is 0 Å². The molecule has 1 N–H and O–H groups in total. The van der Waals surface area contributed by atoms with Crippen molar-refractivity contribution < 1.29 is 4.79 Å². The molecule has 2 saturated heterocycles. The molecule has 74 valence electrons. The van der Waals surface area contributed by atoms with Crippen molar-refractivity contribution in [2.45, 2.75) is 26.2 Å². The third-order valence-electron chi connectivity index (χ3n) is 3.38. The lowest BCUT2D eigenvalue weighted by Gasteiger charge is -2.38. The van der Waals surface area contributed by atoms with Gasteiger partial charge in [0.1, 0.15) is 0 Å². The zero-order valence-electron chi connectivity index (χ0n) is 8.31. The van der Waals surface area contributed by atoms with Crippen LogP contribution in [0.1, 0.15) is 26.2 Å². The topological polar surface area (TPSA) is 32.3 Å². The molecule has 13 heavy (non-hydrogen) atoms. The molecule has 0 bridgehead atoms. The fourth-order valence-electron chi connectivity index (χ4n) is 2.62. The monoisotopic (exact) mass is 182 g/mol. The molecule has 0 aliphatic carbocycles. The van der Waals surface area contributed by atoms with Crippen LogP contribution in [0.15, 0.2) is 0 Å². The second-order valence-corrected chi connectivity index (χ2v) is 4.43. The molecule has 1 unspecified atom stereocenters. The normalized spacial score (nSPS) is 35.3. The van der Waals surface area contributed by atoms with Gasteiger partial charge in [0, 0.05) is 24.9 Å². The summed E-state index contributed by atoms with van der Waals surface area (Å²) in [5, 5.41) is 2.96. The number of carbonyl (C=O) groups excluding carboxylic acids is 1. The van der Waals surface area contributed by atoms with E-state index >= 15 is 0 Å². The highest BCUT2D eigenvalue weighted by Gasteiger charge is 2.41. The smallest absolute Gasteiger partial charge is 0.220 e. The van der Waals surface area contributed by atoms with E-state index in [-0.39, 0.29) is 11.3 Å². The summed E-state index contributed by atoms with van der Waals surface area (Å²) in [4.78, 5) is 13.6. The zero-order valence-corrected chi connectivity index (χ0v) is 8.31.